The molecule has 0 spiro atoms. The fraction of sp³-hybridized carbons (Fsp3) is 0.667. The number of oxazole rings is 1. The Morgan fingerprint density at radius 2 is 2.47 bits per heavy atom. The molecule has 1 unspecified atom stereocenters. The minimum atomic E-state index is -2.50. The van der Waals surface area contributed by atoms with Gasteiger partial charge in [0.25, 0.3) is 6.43 Å². The Kier molecular flexibility index (Phi) is 4.84. The SMILES string of the molecule is O=C(NCC(F)F)C1CCCN(Cc2cocn2)C1. The van der Waals surface area contributed by atoms with Crippen LogP contribution in [-0.4, -0.2) is 41.9 Å². The number of nitrogens with one attached hydrogen (secondary N) is 1. The molecular formula is C12H17F2N3O2. The molecule has 106 valence electrons. The average Bonchev–Trinajstić information content (AvgIpc) is 2.89. The fourth-order valence-corrected chi connectivity index (χ4v) is 2.28. The van der Waals surface area contributed by atoms with E-state index in [2.05, 4.69) is 15.2 Å². The van der Waals surface area contributed by atoms with Crippen molar-refractivity contribution in [1.82, 2.24) is 15.2 Å². The van der Waals surface area contributed by atoms with Gasteiger partial charge in [-0.3, -0.25) is 9.69 Å². The van der Waals surface area contributed by atoms with Crippen molar-refractivity contribution in [3.8, 4) is 0 Å². The third-order valence-electron chi connectivity index (χ3n) is 3.18. The smallest absolute Gasteiger partial charge is 0.255 e. The number of likely N-dealkylation sites (tertiary alicyclic amines) is 1. The van der Waals surface area contributed by atoms with Crippen molar-refractivity contribution in [2.24, 2.45) is 5.92 Å². The predicted octanol–water partition coefficient (Wildman–Crippen LogP) is 1.27. The third kappa shape index (κ3) is 4.27. The Morgan fingerprint density at radius 3 is 3.16 bits per heavy atom. The van der Waals surface area contributed by atoms with Crippen LogP contribution in [0.3, 0.4) is 0 Å². The van der Waals surface area contributed by atoms with Gasteiger partial charge in [-0.05, 0) is 19.4 Å². The lowest BCUT2D eigenvalue weighted by Gasteiger charge is -2.31. The van der Waals surface area contributed by atoms with Gasteiger partial charge in [0.2, 0.25) is 5.91 Å². The van der Waals surface area contributed by atoms with E-state index in [0.717, 1.165) is 25.1 Å². The van der Waals surface area contributed by atoms with Crippen LogP contribution in [0, 0.1) is 5.92 Å². The van der Waals surface area contributed by atoms with Crippen molar-refractivity contribution in [3.63, 3.8) is 0 Å². The van der Waals surface area contributed by atoms with Crippen LogP contribution in [0.25, 0.3) is 0 Å². The lowest BCUT2D eigenvalue weighted by Crippen LogP contribution is -2.43. The van der Waals surface area contributed by atoms with E-state index in [1.54, 1.807) is 6.26 Å². The summed E-state index contributed by atoms with van der Waals surface area (Å²) in [5, 5.41) is 2.28. The molecule has 1 aliphatic heterocycles. The molecule has 1 amide bonds. The number of piperidine rings is 1. The Bertz CT molecular complexity index is 398. The Balaban J connectivity index is 1.81. The van der Waals surface area contributed by atoms with Crippen LogP contribution in [0.1, 0.15) is 18.5 Å². The van der Waals surface area contributed by atoms with Gasteiger partial charge in [-0.25, -0.2) is 13.8 Å². The summed E-state index contributed by atoms with van der Waals surface area (Å²) in [7, 11) is 0. The molecule has 0 radical (unpaired) electrons. The summed E-state index contributed by atoms with van der Waals surface area (Å²) in [5.41, 5.74) is 0.814. The van der Waals surface area contributed by atoms with Crippen molar-refractivity contribution in [2.45, 2.75) is 25.8 Å². The molecule has 0 aliphatic carbocycles. The number of carbonyl (C=O) groups is 1. The highest BCUT2D eigenvalue weighted by molar-refractivity contribution is 5.78. The number of amides is 1. The molecule has 7 heteroatoms. The van der Waals surface area contributed by atoms with E-state index in [0.29, 0.717) is 13.1 Å². The molecule has 1 saturated heterocycles. The largest absolute Gasteiger partial charge is 0.451 e. The number of rotatable bonds is 5. The monoisotopic (exact) mass is 273 g/mol. The molecule has 1 N–H and O–H groups in total. The third-order valence-corrected chi connectivity index (χ3v) is 3.18. The fourth-order valence-electron chi connectivity index (χ4n) is 2.28. The van der Waals surface area contributed by atoms with Crippen LogP contribution >= 0.6 is 0 Å². The number of nitrogens with zero attached hydrogens (tertiary/aromatic N) is 2. The molecule has 1 aromatic heterocycles. The normalized spacial score (nSPS) is 20.7. The van der Waals surface area contributed by atoms with E-state index >= 15 is 0 Å². The second-order valence-corrected chi connectivity index (χ2v) is 4.69. The number of hydrogen-bond acceptors (Lipinski definition) is 4. The van der Waals surface area contributed by atoms with Crippen molar-refractivity contribution >= 4 is 5.91 Å². The summed E-state index contributed by atoms with van der Waals surface area (Å²) < 4.78 is 29.0. The molecule has 19 heavy (non-hydrogen) atoms. The maximum atomic E-state index is 12.0. The standard InChI is InChI=1S/C12H17F2N3O2/c13-11(14)4-15-12(18)9-2-1-3-17(5-9)6-10-7-19-8-16-10/h7-9,11H,1-6H2,(H,15,18). The Hall–Kier alpha value is -1.50. The van der Waals surface area contributed by atoms with E-state index in [9.17, 15) is 13.6 Å². The first-order chi connectivity index (χ1) is 9.15. The lowest BCUT2D eigenvalue weighted by molar-refractivity contribution is -0.127. The van der Waals surface area contributed by atoms with E-state index < -0.39 is 13.0 Å². The maximum Gasteiger partial charge on any atom is 0.255 e. The minimum Gasteiger partial charge on any atom is -0.451 e. The molecule has 0 aromatic carbocycles. The van der Waals surface area contributed by atoms with Crippen LogP contribution in [-0.2, 0) is 11.3 Å². The Labute approximate surface area is 110 Å². The molecule has 5 nitrogen and oxygen atoms in total. The molecule has 1 aliphatic rings. The van der Waals surface area contributed by atoms with Gasteiger partial charge in [-0.1, -0.05) is 0 Å². The van der Waals surface area contributed by atoms with E-state index in [-0.39, 0.29) is 11.8 Å². The van der Waals surface area contributed by atoms with Crippen LogP contribution in [0.15, 0.2) is 17.1 Å². The van der Waals surface area contributed by atoms with Crippen molar-refractivity contribution in [2.75, 3.05) is 19.6 Å². The molecule has 0 bridgehead atoms. The van der Waals surface area contributed by atoms with Crippen LogP contribution in [0.5, 0.6) is 0 Å². The highest BCUT2D eigenvalue weighted by Gasteiger charge is 2.26. The van der Waals surface area contributed by atoms with Crippen molar-refractivity contribution in [1.29, 1.82) is 0 Å². The van der Waals surface area contributed by atoms with Crippen molar-refractivity contribution < 1.29 is 18.0 Å². The van der Waals surface area contributed by atoms with E-state index in [1.807, 2.05) is 0 Å². The predicted molar refractivity (Wildman–Crippen MR) is 63.5 cm³/mol. The van der Waals surface area contributed by atoms with Gasteiger partial charge in [0, 0.05) is 13.1 Å². The minimum absolute atomic E-state index is 0.223. The van der Waals surface area contributed by atoms with Gasteiger partial charge >= 0.3 is 0 Å². The second kappa shape index (κ2) is 6.60. The molecule has 2 heterocycles. The van der Waals surface area contributed by atoms with Crippen LogP contribution < -0.4 is 5.32 Å². The molecule has 2 rings (SSSR count). The highest BCUT2D eigenvalue weighted by Crippen LogP contribution is 2.18. The van der Waals surface area contributed by atoms with Gasteiger partial charge in [-0.15, -0.1) is 0 Å². The zero-order chi connectivity index (χ0) is 13.7. The topological polar surface area (TPSA) is 58.4 Å². The first-order valence-corrected chi connectivity index (χ1v) is 6.30. The summed E-state index contributed by atoms with van der Waals surface area (Å²) in [6, 6.07) is 0. The lowest BCUT2D eigenvalue weighted by atomic mass is 9.97. The second-order valence-electron chi connectivity index (χ2n) is 4.69. The molecular weight excluding hydrogens is 256 g/mol. The average molecular weight is 273 g/mol. The molecule has 1 atom stereocenters. The highest BCUT2D eigenvalue weighted by atomic mass is 19.3. The van der Waals surface area contributed by atoms with Gasteiger partial charge in [0.05, 0.1) is 18.2 Å². The summed E-state index contributed by atoms with van der Waals surface area (Å²) in [6.07, 6.45) is 2.06. The first kappa shape index (κ1) is 13.9. The van der Waals surface area contributed by atoms with Crippen molar-refractivity contribution in [3.05, 3.63) is 18.4 Å². The number of halogens is 2. The summed E-state index contributed by atoms with van der Waals surface area (Å²) in [6.45, 7) is 1.50. The molecule has 0 saturated carbocycles. The Morgan fingerprint density at radius 1 is 1.63 bits per heavy atom. The number of hydrogen-bond donors (Lipinski definition) is 1. The van der Waals surface area contributed by atoms with Crippen LogP contribution in [0.4, 0.5) is 8.78 Å². The van der Waals surface area contributed by atoms with E-state index in [4.69, 9.17) is 4.42 Å². The van der Waals surface area contributed by atoms with Crippen LogP contribution in [0.2, 0.25) is 0 Å². The van der Waals surface area contributed by atoms with Gasteiger partial charge in [0.15, 0.2) is 6.39 Å². The van der Waals surface area contributed by atoms with Gasteiger partial charge in [-0.2, -0.15) is 0 Å². The summed E-state index contributed by atoms with van der Waals surface area (Å²) in [5.74, 6) is -0.510. The molecule has 1 fully saturated rings. The van der Waals surface area contributed by atoms with Gasteiger partial charge in [0.1, 0.15) is 6.26 Å². The maximum absolute atomic E-state index is 12.0. The summed E-state index contributed by atoms with van der Waals surface area (Å²) >= 11 is 0. The number of alkyl halides is 2. The number of aromatic nitrogens is 1. The quantitative estimate of drug-likeness (QED) is 0.877. The zero-order valence-electron chi connectivity index (χ0n) is 10.5. The van der Waals surface area contributed by atoms with E-state index in [1.165, 1.54) is 6.39 Å². The summed E-state index contributed by atoms with van der Waals surface area (Å²) in [4.78, 5) is 17.9. The molecule has 1 aromatic rings. The zero-order valence-corrected chi connectivity index (χ0v) is 10.5. The number of carbonyl (C=O) groups excluding carboxylic acids is 1. The first-order valence-electron chi connectivity index (χ1n) is 6.30. The van der Waals surface area contributed by atoms with Gasteiger partial charge < -0.3 is 9.73 Å².